The van der Waals surface area contributed by atoms with Crippen molar-refractivity contribution in [1.29, 1.82) is 0 Å². The normalized spacial score (nSPS) is 18.9. The average molecular weight is 392 g/mol. The van der Waals surface area contributed by atoms with Gasteiger partial charge in [-0.3, -0.25) is 4.99 Å². The Morgan fingerprint density at radius 3 is 2.10 bits per heavy atom. The summed E-state index contributed by atoms with van der Waals surface area (Å²) in [6.45, 7) is 11.5. The van der Waals surface area contributed by atoms with Gasteiger partial charge in [0.2, 0.25) is 0 Å². The SMILES string of the molecule is CC.CC(C)(C)c1ccc(CN=C2Nc3ccccc3NC23CCCCC3)cc1. The maximum absolute atomic E-state index is 5.06. The Morgan fingerprint density at radius 2 is 1.48 bits per heavy atom. The monoisotopic (exact) mass is 391 g/mol. The van der Waals surface area contributed by atoms with Gasteiger partial charge in [-0.1, -0.05) is 90.3 Å². The summed E-state index contributed by atoms with van der Waals surface area (Å²) in [4.78, 5) is 5.06. The number of para-hydroxylation sites is 2. The van der Waals surface area contributed by atoms with Gasteiger partial charge in [0.05, 0.1) is 23.5 Å². The molecule has 1 spiro atoms. The summed E-state index contributed by atoms with van der Waals surface area (Å²) in [5, 5.41) is 7.49. The summed E-state index contributed by atoms with van der Waals surface area (Å²) in [5.41, 5.74) is 5.13. The number of hydrogen-bond donors (Lipinski definition) is 2. The molecule has 0 aromatic heterocycles. The van der Waals surface area contributed by atoms with Gasteiger partial charge in [-0.25, -0.2) is 0 Å². The number of rotatable bonds is 2. The van der Waals surface area contributed by atoms with Crippen LogP contribution in [-0.4, -0.2) is 11.4 Å². The molecule has 0 saturated heterocycles. The zero-order chi connectivity index (χ0) is 20.9. The third-order valence-corrected chi connectivity index (χ3v) is 5.95. The van der Waals surface area contributed by atoms with Crippen LogP contribution in [0.4, 0.5) is 11.4 Å². The van der Waals surface area contributed by atoms with E-state index < -0.39 is 0 Å². The van der Waals surface area contributed by atoms with Gasteiger partial charge in [-0.2, -0.15) is 0 Å². The first-order valence-corrected chi connectivity index (χ1v) is 11.2. The van der Waals surface area contributed by atoms with Crippen molar-refractivity contribution in [2.75, 3.05) is 10.6 Å². The molecule has 1 fully saturated rings. The van der Waals surface area contributed by atoms with Crippen molar-refractivity contribution in [2.45, 2.75) is 84.2 Å². The minimum absolute atomic E-state index is 0.0298. The Balaban J connectivity index is 0.00000117. The average Bonchev–Trinajstić information content (AvgIpc) is 2.74. The largest absolute Gasteiger partial charge is 0.371 e. The second kappa shape index (κ2) is 9.02. The third kappa shape index (κ3) is 4.83. The molecule has 3 heteroatoms. The van der Waals surface area contributed by atoms with E-state index in [-0.39, 0.29) is 11.0 Å². The number of hydrogen-bond acceptors (Lipinski definition) is 2. The van der Waals surface area contributed by atoms with E-state index in [1.54, 1.807) is 0 Å². The lowest BCUT2D eigenvalue weighted by molar-refractivity contribution is 0.403. The van der Waals surface area contributed by atoms with E-state index in [0.29, 0.717) is 0 Å². The fourth-order valence-corrected chi connectivity index (χ4v) is 4.25. The predicted molar refractivity (Wildman–Crippen MR) is 127 cm³/mol. The van der Waals surface area contributed by atoms with Crippen molar-refractivity contribution in [3.63, 3.8) is 0 Å². The van der Waals surface area contributed by atoms with Gasteiger partial charge in [0.1, 0.15) is 5.84 Å². The summed E-state index contributed by atoms with van der Waals surface area (Å²) in [6.07, 6.45) is 6.14. The van der Waals surface area contributed by atoms with E-state index in [9.17, 15) is 0 Å². The molecule has 1 heterocycles. The van der Waals surface area contributed by atoms with E-state index in [1.165, 1.54) is 36.1 Å². The second-order valence-electron chi connectivity index (χ2n) is 9.05. The number of anilines is 2. The van der Waals surface area contributed by atoms with Crippen molar-refractivity contribution < 1.29 is 0 Å². The number of fused-ring (bicyclic) bond motifs is 1. The van der Waals surface area contributed by atoms with Crippen molar-refractivity contribution in [3.05, 3.63) is 59.7 Å². The van der Waals surface area contributed by atoms with Crippen molar-refractivity contribution in [2.24, 2.45) is 4.99 Å². The lowest BCUT2D eigenvalue weighted by Gasteiger charge is -2.44. The lowest BCUT2D eigenvalue weighted by Crippen LogP contribution is -2.53. The minimum Gasteiger partial charge on any atom is -0.371 e. The van der Waals surface area contributed by atoms with E-state index >= 15 is 0 Å². The predicted octanol–water partition coefficient (Wildman–Crippen LogP) is 7.15. The molecule has 0 radical (unpaired) electrons. The Hall–Kier alpha value is -2.29. The van der Waals surface area contributed by atoms with E-state index in [1.807, 2.05) is 13.8 Å². The van der Waals surface area contributed by atoms with E-state index in [0.717, 1.165) is 30.9 Å². The van der Waals surface area contributed by atoms with Crippen molar-refractivity contribution >= 4 is 17.2 Å². The van der Waals surface area contributed by atoms with Crippen LogP contribution in [0.3, 0.4) is 0 Å². The summed E-state index contributed by atoms with van der Waals surface area (Å²) >= 11 is 0. The van der Waals surface area contributed by atoms with Crippen molar-refractivity contribution in [3.8, 4) is 0 Å². The summed E-state index contributed by atoms with van der Waals surface area (Å²) < 4.78 is 0. The smallest absolute Gasteiger partial charge is 0.127 e. The molecule has 2 aromatic rings. The lowest BCUT2D eigenvalue weighted by atomic mass is 9.79. The molecule has 29 heavy (non-hydrogen) atoms. The third-order valence-electron chi connectivity index (χ3n) is 5.95. The molecule has 4 rings (SSSR count). The fourth-order valence-electron chi connectivity index (χ4n) is 4.25. The molecule has 0 amide bonds. The molecule has 0 bridgehead atoms. The maximum atomic E-state index is 5.06. The number of nitrogens with one attached hydrogen (secondary N) is 2. The van der Waals surface area contributed by atoms with Crippen LogP contribution < -0.4 is 10.6 Å². The van der Waals surface area contributed by atoms with Gasteiger partial charge in [-0.15, -0.1) is 0 Å². The van der Waals surface area contributed by atoms with Gasteiger partial charge in [0.25, 0.3) is 0 Å². The Morgan fingerprint density at radius 1 is 0.862 bits per heavy atom. The maximum Gasteiger partial charge on any atom is 0.127 e. The molecule has 0 unspecified atom stereocenters. The summed E-state index contributed by atoms with van der Waals surface area (Å²) in [5.74, 6) is 1.11. The first-order valence-electron chi connectivity index (χ1n) is 11.2. The summed E-state index contributed by atoms with van der Waals surface area (Å²) in [6, 6.07) is 17.4. The quantitative estimate of drug-likeness (QED) is 0.570. The number of amidine groups is 1. The minimum atomic E-state index is -0.0298. The second-order valence-corrected chi connectivity index (χ2v) is 9.05. The van der Waals surface area contributed by atoms with Gasteiger partial charge >= 0.3 is 0 Å². The number of aliphatic imine (C=N–C) groups is 1. The Kier molecular flexibility index (Phi) is 6.66. The van der Waals surface area contributed by atoms with Crippen LogP contribution in [0.1, 0.15) is 77.8 Å². The highest BCUT2D eigenvalue weighted by Gasteiger charge is 2.40. The first-order chi connectivity index (χ1) is 14.0. The number of benzene rings is 2. The topological polar surface area (TPSA) is 36.4 Å². The van der Waals surface area contributed by atoms with Crippen LogP contribution in [0, 0.1) is 0 Å². The molecule has 1 aliphatic heterocycles. The van der Waals surface area contributed by atoms with Crippen LogP contribution in [0.25, 0.3) is 0 Å². The Labute approximate surface area is 177 Å². The highest BCUT2D eigenvalue weighted by atomic mass is 15.2. The van der Waals surface area contributed by atoms with Crippen LogP contribution in [-0.2, 0) is 12.0 Å². The highest BCUT2D eigenvalue weighted by molar-refractivity contribution is 6.09. The van der Waals surface area contributed by atoms with Gasteiger partial charge in [0.15, 0.2) is 0 Å². The number of nitrogens with zero attached hydrogens (tertiary/aromatic N) is 1. The Bertz CT molecular complexity index is 822. The molecular weight excluding hydrogens is 354 g/mol. The van der Waals surface area contributed by atoms with Gasteiger partial charge in [0, 0.05) is 0 Å². The van der Waals surface area contributed by atoms with Crippen LogP contribution >= 0.6 is 0 Å². The molecular formula is C26H37N3. The molecule has 0 atom stereocenters. The fraction of sp³-hybridized carbons (Fsp3) is 0.500. The molecule has 156 valence electrons. The van der Waals surface area contributed by atoms with Crippen LogP contribution in [0.2, 0.25) is 0 Å². The highest BCUT2D eigenvalue weighted by Crippen LogP contribution is 2.39. The molecule has 3 nitrogen and oxygen atoms in total. The van der Waals surface area contributed by atoms with E-state index in [2.05, 4.69) is 79.9 Å². The van der Waals surface area contributed by atoms with Crippen LogP contribution in [0.15, 0.2) is 53.5 Å². The zero-order valence-electron chi connectivity index (χ0n) is 18.8. The van der Waals surface area contributed by atoms with Gasteiger partial charge in [-0.05, 0) is 41.5 Å². The zero-order valence-corrected chi connectivity index (χ0v) is 18.8. The molecule has 2 aliphatic rings. The first kappa shape index (κ1) is 21.4. The van der Waals surface area contributed by atoms with Crippen LogP contribution in [0.5, 0.6) is 0 Å². The van der Waals surface area contributed by atoms with Crippen molar-refractivity contribution in [1.82, 2.24) is 0 Å². The molecule has 1 aliphatic carbocycles. The molecule has 2 N–H and O–H groups in total. The van der Waals surface area contributed by atoms with E-state index in [4.69, 9.17) is 4.99 Å². The standard InChI is InChI=1S/C24H31N3.C2H6/c1-23(2,3)19-13-11-18(12-14-19)17-25-22-24(15-7-4-8-16-24)27-21-10-6-5-9-20(21)26-22;1-2/h5-6,9-14,27H,4,7-8,15-17H2,1-3H3,(H,25,26);1-2H3. The summed E-state index contributed by atoms with van der Waals surface area (Å²) in [7, 11) is 0. The molecule has 2 aromatic carbocycles. The van der Waals surface area contributed by atoms with Gasteiger partial charge < -0.3 is 10.6 Å². The molecule has 1 saturated carbocycles.